The number of hydrogen-bond donors (Lipinski definition) is 1. The highest BCUT2D eigenvalue weighted by molar-refractivity contribution is 8.16. The van der Waals surface area contributed by atoms with Gasteiger partial charge in [0.25, 0.3) is 0 Å². The van der Waals surface area contributed by atoms with E-state index < -0.39 is 0 Å². The highest BCUT2D eigenvalue weighted by atomic mass is 32.2. The molecule has 1 amide bonds. The van der Waals surface area contributed by atoms with Crippen molar-refractivity contribution in [3.8, 4) is 0 Å². The van der Waals surface area contributed by atoms with Gasteiger partial charge in [-0.25, -0.2) is 0 Å². The SMILES string of the molecule is Cc1ccc(/C=C/C(=O)Nc2cccc(C3SCCCS3)c2)o1. The summed E-state index contributed by atoms with van der Waals surface area (Å²) < 4.78 is 5.88. The summed E-state index contributed by atoms with van der Waals surface area (Å²) >= 11 is 3.96. The van der Waals surface area contributed by atoms with Crippen LogP contribution in [0.3, 0.4) is 0 Å². The Kier molecular flexibility index (Phi) is 5.51. The number of rotatable bonds is 4. The number of carbonyl (C=O) groups excluding carboxylic acids is 1. The van der Waals surface area contributed by atoms with Crippen LogP contribution in [-0.2, 0) is 4.79 Å². The molecule has 120 valence electrons. The molecule has 0 spiro atoms. The second kappa shape index (κ2) is 7.79. The van der Waals surface area contributed by atoms with Gasteiger partial charge in [-0.2, -0.15) is 0 Å². The molecule has 23 heavy (non-hydrogen) atoms. The van der Waals surface area contributed by atoms with Crippen molar-refractivity contribution in [1.29, 1.82) is 0 Å². The Bertz CT molecular complexity index is 703. The first-order chi connectivity index (χ1) is 11.2. The molecule has 3 nitrogen and oxygen atoms in total. The van der Waals surface area contributed by atoms with E-state index >= 15 is 0 Å². The number of anilines is 1. The Morgan fingerprint density at radius 3 is 2.83 bits per heavy atom. The lowest BCUT2D eigenvalue weighted by Crippen LogP contribution is -2.08. The lowest BCUT2D eigenvalue weighted by molar-refractivity contribution is -0.111. The molecular formula is C18H19NO2S2. The molecule has 1 aromatic carbocycles. The number of carbonyl (C=O) groups is 1. The van der Waals surface area contributed by atoms with Gasteiger partial charge in [-0.1, -0.05) is 12.1 Å². The minimum Gasteiger partial charge on any atom is -0.462 e. The van der Waals surface area contributed by atoms with E-state index in [9.17, 15) is 4.79 Å². The van der Waals surface area contributed by atoms with Crippen molar-refractivity contribution >= 4 is 41.2 Å². The predicted octanol–water partition coefficient (Wildman–Crippen LogP) is 5.11. The Hall–Kier alpha value is -1.59. The molecule has 1 aliphatic rings. The second-order valence-corrected chi connectivity index (χ2v) is 8.05. The van der Waals surface area contributed by atoms with Crippen LogP contribution in [0.2, 0.25) is 0 Å². The molecule has 1 saturated heterocycles. The number of thioether (sulfide) groups is 2. The van der Waals surface area contributed by atoms with E-state index in [2.05, 4.69) is 17.4 Å². The maximum absolute atomic E-state index is 12.0. The van der Waals surface area contributed by atoms with Gasteiger partial charge < -0.3 is 9.73 Å². The molecular weight excluding hydrogens is 326 g/mol. The number of furan rings is 1. The van der Waals surface area contributed by atoms with Crippen LogP contribution in [0.25, 0.3) is 6.08 Å². The average molecular weight is 345 g/mol. The summed E-state index contributed by atoms with van der Waals surface area (Å²) in [5.41, 5.74) is 2.10. The summed E-state index contributed by atoms with van der Waals surface area (Å²) in [6.45, 7) is 1.88. The first kappa shape index (κ1) is 16.3. The molecule has 1 N–H and O–H groups in total. The summed E-state index contributed by atoms with van der Waals surface area (Å²) in [7, 11) is 0. The normalized spacial score (nSPS) is 15.9. The Morgan fingerprint density at radius 2 is 2.09 bits per heavy atom. The fourth-order valence-electron chi connectivity index (χ4n) is 2.33. The number of benzene rings is 1. The molecule has 0 bridgehead atoms. The van der Waals surface area contributed by atoms with Crippen molar-refractivity contribution in [2.45, 2.75) is 17.9 Å². The van der Waals surface area contributed by atoms with E-state index in [1.54, 1.807) is 6.08 Å². The monoisotopic (exact) mass is 345 g/mol. The summed E-state index contributed by atoms with van der Waals surface area (Å²) in [6, 6.07) is 11.8. The highest BCUT2D eigenvalue weighted by Crippen LogP contribution is 2.43. The number of amides is 1. The van der Waals surface area contributed by atoms with Crippen molar-refractivity contribution in [2.24, 2.45) is 0 Å². The Balaban J connectivity index is 1.63. The molecule has 1 fully saturated rings. The molecule has 2 heterocycles. The van der Waals surface area contributed by atoms with Gasteiger partial charge in [-0.05, 0) is 60.8 Å². The zero-order valence-corrected chi connectivity index (χ0v) is 14.6. The summed E-state index contributed by atoms with van der Waals surface area (Å²) in [6.07, 6.45) is 4.45. The summed E-state index contributed by atoms with van der Waals surface area (Å²) in [4.78, 5) is 12.0. The van der Waals surface area contributed by atoms with Crippen molar-refractivity contribution in [3.63, 3.8) is 0 Å². The quantitative estimate of drug-likeness (QED) is 0.782. The third-order valence-corrected chi connectivity index (χ3v) is 6.43. The van der Waals surface area contributed by atoms with Gasteiger partial charge in [0.2, 0.25) is 5.91 Å². The molecule has 3 rings (SSSR count). The standard InChI is InChI=1S/C18H19NO2S2/c1-13-6-7-16(21-13)8-9-17(20)19-15-5-2-4-14(12-15)18-22-10-3-11-23-18/h2,4-9,12,18H,3,10-11H2,1H3,(H,19,20)/b9-8+. The minimum atomic E-state index is -0.153. The van der Waals surface area contributed by atoms with Crippen LogP contribution in [0.1, 0.15) is 28.1 Å². The van der Waals surface area contributed by atoms with Crippen molar-refractivity contribution in [1.82, 2.24) is 0 Å². The largest absolute Gasteiger partial charge is 0.462 e. The van der Waals surface area contributed by atoms with Gasteiger partial charge in [-0.15, -0.1) is 23.5 Å². The van der Waals surface area contributed by atoms with E-state index in [-0.39, 0.29) is 5.91 Å². The zero-order valence-electron chi connectivity index (χ0n) is 13.0. The zero-order chi connectivity index (χ0) is 16.1. The van der Waals surface area contributed by atoms with E-state index in [1.807, 2.05) is 54.7 Å². The van der Waals surface area contributed by atoms with Gasteiger partial charge in [0.05, 0.1) is 4.58 Å². The number of aryl methyl sites for hydroxylation is 1. The predicted molar refractivity (Wildman–Crippen MR) is 99.8 cm³/mol. The molecule has 5 heteroatoms. The fourth-order valence-corrected chi connectivity index (χ4v) is 5.20. The molecule has 0 aliphatic carbocycles. The van der Waals surface area contributed by atoms with E-state index in [0.29, 0.717) is 10.3 Å². The molecule has 0 saturated carbocycles. The van der Waals surface area contributed by atoms with Gasteiger partial charge in [0.15, 0.2) is 0 Å². The lowest BCUT2D eigenvalue weighted by atomic mass is 10.2. The first-order valence-electron chi connectivity index (χ1n) is 7.59. The van der Waals surface area contributed by atoms with Gasteiger partial charge >= 0.3 is 0 Å². The van der Waals surface area contributed by atoms with Crippen LogP contribution in [0.15, 0.2) is 46.9 Å². The third-order valence-electron chi connectivity index (χ3n) is 3.41. The van der Waals surface area contributed by atoms with Crippen LogP contribution < -0.4 is 5.32 Å². The van der Waals surface area contributed by atoms with E-state index in [0.717, 1.165) is 11.4 Å². The van der Waals surface area contributed by atoms with Crippen molar-refractivity contribution in [2.75, 3.05) is 16.8 Å². The van der Waals surface area contributed by atoms with Crippen LogP contribution >= 0.6 is 23.5 Å². The molecule has 2 aromatic rings. The molecule has 1 aliphatic heterocycles. The second-order valence-electron chi connectivity index (χ2n) is 5.32. The van der Waals surface area contributed by atoms with Crippen LogP contribution in [-0.4, -0.2) is 17.4 Å². The maximum atomic E-state index is 12.0. The lowest BCUT2D eigenvalue weighted by Gasteiger charge is -2.21. The van der Waals surface area contributed by atoms with Gasteiger partial charge in [-0.3, -0.25) is 4.79 Å². The molecule has 0 unspecified atom stereocenters. The fraction of sp³-hybridized carbons (Fsp3) is 0.278. The Labute approximate surface area is 144 Å². The van der Waals surface area contributed by atoms with Gasteiger partial charge in [0, 0.05) is 11.8 Å². The topological polar surface area (TPSA) is 42.2 Å². The third kappa shape index (κ3) is 4.69. The van der Waals surface area contributed by atoms with Crippen LogP contribution in [0.5, 0.6) is 0 Å². The number of nitrogens with one attached hydrogen (secondary N) is 1. The first-order valence-corrected chi connectivity index (χ1v) is 9.69. The molecule has 0 radical (unpaired) electrons. The summed E-state index contributed by atoms with van der Waals surface area (Å²) in [5.74, 6) is 3.78. The number of hydrogen-bond acceptors (Lipinski definition) is 4. The maximum Gasteiger partial charge on any atom is 0.248 e. The molecule has 0 atom stereocenters. The average Bonchev–Trinajstić information content (AvgIpc) is 3.00. The van der Waals surface area contributed by atoms with Gasteiger partial charge in [0.1, 0.15) is 11.5 Å². The Morgan fingerprint density at radius 1 is 1.26 bits per heavy atom. The highest BCUT2D eigenvalue weighted by Gasteiger charge is 2.16. The smallest absolute Gasteiger partial charge is 0.248 e. The minimum absolute atomic E-state index is 0.153. The van der Waals surface area contributed by atoms with Crippen LogP contribution in [0.4, 0.5) is 5.69 Å². The van der Waals surface area contributed by atoms with Crippen LogP contribution in [0, 0.1) is 6.92 Å². The van der Waals surface area contributed by atoms with Crippen molar-refractivity contribution in [3.05, 3.63) is 59.6 Å². The van der Waals surface area contributed by atoms with Crippen molar-refractivity contribution < 1.29 is 9.21 Å². The summed E-state index contributed by atoms with van der Waals surface area (Å²) in [5, 5.41) is 2.91. The van der Waals surface area contributed by atoms with E-state index in [1.165, 1.54) is 29.6 Å². The molecule has 1 aromatic heterocycles. The van der Waals surface area contributed by atoms with E-state index in [4.69, 9.17) is 4.42 Å².